The third-order valence-electron chi connectivity index (χ3n) is 4.75. The molecule has 3 heteroatoms. The highest BCUT2D eigenvalue weighted by atomic mass is 16.4. The van der Waals surface area contributed by atoms with Crippen LogP contribution < -0.4 is 5.32 Å². The van der Waals surface area contributed by atoms with Crippen LogP contribution in [0.15, 0.2) is 65.8 Å². The summed E-state index contributed by atoms with van der Waals surface area (Å²) < 4.78 is 0. The van der Waals surface area contributed by atoms with Gasteiger partial charge in [-0.05, 0) is 17.0 Å². The van der Waals surface area contributed by atoms with E-state index in [4.69, 9.17) is 0 Å². The third kappa shape index (κ3) is 3.30. The Kier molecular flexibility index (Phi) is 4.77. The monoisotopic (exact) mass is 308 g/mol. The predicted octanol–water partition coefficient (Wildman–Crippen LogP) is 4.56. The average molecular weight is 308 g/mol. The van der Waals surface area contributed by atoms with Gasteiger partial charge in [0.15, 0.2) is 0 Å². The molecular weight excluding hydrogens is 284 g/mol. The van der Waals surface area contributed by atoms with Crippen LogP contribution in [0.4, 0.5) is 0 Å². The SMILES string of the molecule is CC(C)[C@H]1/C(=N/O)C[C@H](c2ccccc2)N[C@@H]1c1ccccc1. The topological polar surface area (TPSA) is 44.6 Å². The molecule has 120 valence electrons. The number of nitrogens with zero attached hydrogens (tertiary/aromatic N) is 1. The predicted molar refractivity (Wildman–Crippen MR) is 93.7 cm³/mol. The van der Waals surface area contributed by atoms with Crippen molar-refractivity contribution in [1.29, 1.82) is 0 Å². The molecule has 1 aliphatic rings. The largest absolute Gasteiger partial charge is 0.411 e. The number of hydrogen-bond donors (Lipinski definition) is 2. The molecule has 1 fully saturated rings. The van der Waals surface area contributed by atoms with Crippen molar-refractivity contribution in [2.45, 2.75) is 32.4 Å². The molecule has 0 unspecified atom stereocenters. The fraction of sp³-hybridized carbons (Fsp3) is 0.350. The van der Waals surface area contributed by atoms with Crippen molar-refractivity contribution >= 4 is 5.71 Å². The van der Waals surface area contributed by atoms with Gasteiger partial charge in [-0.2, -0.15) is 0 Å². The fourth-order valence-corrected chi connectivity index (χ4v) is 3.66. The maximum atomic E-state index is 9.60. The van der Waals surface area contributed by atoms with Crippen LogP contribution in [-0.4, -0.2) is 10.9 Å². The third-order valence-corrected chi connectivity index (χ3v) is 4.75. The molecule has 2 aromatic carbocycles. The first kappa shape index (κ1) is 15.8. The summed E-state index contributed by atoms with van der Waals surface area (Å²) in [7, 11) is 0. The van der Waals surface area contributed by atoms with Crippen molar-refractivity contribution in [1.82, 2.24) is 5.32 Å². The first-order valence-corrected chi connectivity index (χ1v) is 8.27. The normalized spacial score (nSPS) is 26.6. The van der Waals surface area contributed by atoms with Gasteiger partial charge in [-0.25, -0.2) is 0 Å². The number of oxime groups is 1. The molecule has 0 spiro atoms. The van der Waals surface area contributed by atoms with E-state index < -0.39 is 0 Å². The number of benzene rings is 2. The first-order valence-electron chi connectivity index (χ1n) is 8.27. The van der Waals surface area contributed by atoms with E-state index in [1.165, 1.54) is 11.1 Å². The Labute approximate surface area is 138 Å². The molecule has 3 atom stereocenters. The van der Waals surface area contributed by atoms with E-state index in [-0.39, 0.29) is 18.0 Å². The lowest BCUT2D eigenvalue weighted by molar-refractivity contribution is 0.263. The Balaban J connectivity index is 1.98. The summed E-state index contributed by atoms with van der Waals surface area (Å²) in [6.45, 7) is 4.38. The second kappa shape index (κ2) is 6.97. The minimum atomic E-state index is 0.154. The van der Waals surface area contributed by atoms with Crippen molar-refractivity contribution in [2.75, 3.05) is 0 Å². The van der Waals surface area contributed by atoms with Gasteiger partial charge >= 0.3 is 0 Å². The van der Waals surface area contributed by atoms with Gasteiger partial charge in [0, 0.05) is 24.4 Å². The standard InChI is InChI=1S/C20H24N2O/c1-14(2)19-18(22-23)13-17(15-9-5-3-6-10-15)21-20(19)16-11-7-4-8-12-16/h3-12,14,17,19-21,23H,13H2,1-2H3/b22-18+/t17-,19+,20-/m1/s1. The van der Waals surface area contributed by atoms with E-state index in [2.05, 4.69) is 72.9 Å². The second-order valence-corrected chi connectivity index (χ2v) is 6.58. The zero-order valence-electron chi connectivity index (χ0n) is 13.7. The summed E-state index contributed by atoms with van der Waals surface area (Å²) in [6, 6.07) is 21.2. The summed E-state index contributed by atoms with van der Waals surface area (Å²) in [4.78, 5) is 0. The first-order chi connectivity index (χ1) is 11.2. The number of piperidine rings is 1. The lowest BCUT2D eigenvalue weighted by Crippen LogP contribution is -2.44. The zero-order chi connectivity index (χ0) is 16.2. The van der Waals surface area contributed by atoms with Crippen molar-refractivity contribution in [3.63, 3.8) is 0 Å². The number of rotatable bonds is 3. The van der Waals surface area contributed by atoms with Gasteiger partial charge in [0.05, 0.1) is 5.71 Å². The van der Waals surface area contributed by atoms with Crippen LogP contribution >= 0.6 is 0 Å². The van der Waals surface area contributed by atoms with E-state index >= 15 is 0 Å². The van der Waals surface area contributed by atoms with E-state index in [0.717, 1.165) is 12.1 Å². The molecule has 0 aromatic heterocycles. The van der Waals surface area contributed by atoms with Crippen LogP contribution in [0.3, 0.4) is 0 Å². The molecule has 0 radical (unpaired) electrons. The molecule has 1 aliphatic heterocycles. The highest BCUT2D eigenvalue weighted by molar-refractivity contribution is 5.89. The Bertz CT molecular complexity index is 652. The Morgan fingerprint density at radius 1 is 0.957 bits per heavy atom. The van der Waals surface area contributed by atoms with E-state index in [1.807, 2.05) is 12.1 Å². The maximum Gasteiger partial charge on any atom is 0.0642 e. The number of nitrogens with one attached hydrogen (secondary N) is 1. The number of hydrogen-bond acceptors (Lipinski definition) is 3. The highest BCUT2D eigenvalue weighted by Crippen LogP contribution is 2.39. The Morgan fingerprint density at radius 3 is 2.04 bits per heavy atom. The van der Waals surface area contributed by atoms with Crippen molar-refractivity contribution in [3.05, 3.63) is 71.8 Å². The van der Waals surface area contributed by atoms with Gasteiger partial charge in [-0.1, -0.05) is 79.7 Å². The highest BCUT2D eigenvalue weighted by Gasteiger charge is 2.38. The maximum absolute atomic E-state index is 9.60. The van der Waals surface area contributed by atoms with E-state index in [1.54, 1.807) is 0 Å². The summed E-state index contributed by atoms with van der Waals surface area (Å²) in [5.74, 6) is 0.595. The molecule has 3 rings (SSSR count). The summed E-state index contributed by atoms with van der Waals surface area (Å²) in [5, 5.41) is 17.1. The van der Waals surface area contributed by atoms with Crippen LogP contribution in [-0.2, 0) is 0 Å². The Hall–Kier alpha value is -2.13. The Morgan fingerprint density at radius 2 is 1.52 bits per heavy atom. The molecule has 0 amide bonds. The smallest absolute Gasteiger partial charge is 0.0642 e. The molecule has 0 aliphatic carbocycles. The molecule has 23 heavy (non-hydrogen) atoms. The zero-order valence-corrected chi connectivity index (χ0v) is 13.7. The quantitative estimate of drug-likeness (QED) is 0.644. The molecule has 0 saturated carbocycles. The molecule has 1 heterocycles. The van der Waals surface area contributed by atoms with Crippen LogP contribution in [0.25, 0.3) is 0 Å². The van der Waals surface area contributed by atoms with Gasteiger partial charge in [0.1, 0.15) is 0 Å². The van der Waals surface area contributed by atoms with Crippen molar-refractivity contribution in [2.24, 2.45) is 17.0 Å². The fourth-order valence-electron chi connectivity index (χ4n) is 3.66. The van der Waals surface area contributed by atoms with Gasteiger partial charge < -0.3 is 10.5 Å². The second-order valence-electron chi connectivity index (χ2n) is 6.58. The van der Waals surface area contributed by atoms with Crippen LogP contribution in [0, 0.1) is 11.8 Å². The summed E-state index contributed by atoms with van der Waals surface area (Å²) >= 11 is 0. The molecule has 1 saturated heterocycles. The lowest BCUT2D eigenvalue weighted by Gasteiger charge is -2.40. The molecule has 3 nitrogen and oxygen atoms in total. The molecule has 2 aromatic rings. The minimum absolute atomic E-state index is 0.154. The molecular formula is C20H24N2O. The van der Waals surface area contributed by atoms with Crippen LogP contribution in [0.5, 0.6) is 0 Å². The molecule has 2 N–H and O–H groups in total. The average Bonchev–Trinajstić information content (AvgIpc) is 2.62. The van der Waals surface area contributed by atoms with Gasteiger partial charge in [0.2, 0.25) is 0 Å². The van der Waals surface area contributed by atoms with E-state index in [9.17, 15) is 5.21 Å². The van der Waals surface area contributed by atoms with Gasteiger partial charge in [0.25, 0.3) is 0 Å². The van der Waals surface area contributed by atoms with Crippen molar-refractivity contribution < 1.29 is 5.21 Å². The summed E-state index contributed by atoms with van der Waals surface area (Å²) in [6.07, 6.45) is 0.743. The van der Waals surface area contributed by atoms with E-state index in [0.29, 0.717) is 5.92 Å². The summed E-state index contributed by atoms with van der Waals surface area (Å²) in [5.41, 5.74) is 3.37. The van der Waals surface area contributed by atoms with Gasteiger partial charge in [-0.3, -0.25) is 0 Å². The van der Waals surface area contributed by atoms with Crippen LogP contribution in [0.1, 0.15) is 43.5 Å². The van der Waals surface area contributed by atoms with Crippen LogP contribution in [0.2, 0.25) is 0 Å². The minimum Gasteiger partial charge on any atom is -0.411 e. The molecule has 0 bridgehead atoms. The van der Waals surface area contributed by atoms with Gasteiger partial charge in [-0.15, -0.1) is 0 Å². The lowest BCUT2D eigenvalue weighted by atomic mass is 9.75. The van der Waals surface area contributed by atoms with Crippen molar-refractivity contribution in [3.8, 4) is 0 Å².